The third kappa shape index (κ3) is 5.22. The summed E-state index contributed by atoms with van der Waals surface area (Å²) in [5.41, 5.74) is 1.74. The molecule has 28 heavy (non-hydrogen) atoms. The minimum atomic E-state index is -0.170. The van der Waals surface area contributed by atoms with Gasteiger partial charge in [-0.1, -0.05) is 17.8 Å². The maximum Gasteiger partial charge on any atom is 0.242 e. The maximum absolute atomic E-state index is 12.4. The fraction of sp³-hybridized carbons (Fsp3) is 0.500. The predicted molar refractivity (Wildman–Crippen MR) is 107 cm³/mol. The van der Waals surface area contributed by atoms with Crippen LogP contribution in [-0.4, -0.2) is 81.4 Å². The van der Waals surface area contributed by atoms with Crippen molar-refractivity contribution < 1.29 is 14.3 Å². The van der Waals surface area contributed by atoms with E-state index in [-0.39, 0.29) is 24.1 Å². The zero-order valence-corrected chi connectivity index (χ0v) is 17.7. The number of tetrazole rings is 1. The van der Waals surface area contributed by atoms with Gasteiger partial charge in [0.2, 0.25) is 17.0 Å². The molecule has 1 aromatic heterocycles. The number of thioether (sulfide) groups is 1. The predicted octanol–water partition coefficient (Wildman–Crippen LogP) is 1.40. The first-order valence-electron chi connectivity index (χ1n) is 8.99. The summed E-state index contributed by atoms with van der Waals surface area (Å²) in [6, 6.07) is 5.69. The van der Waals surface area contributed by atoms with Crippen molar-refractivity contribution in [2.75, 3.05) is 39.5 Å². The maximum atomic E-state index is 12.4. The van der Waals surface area contributed by atoms with E-state index in [4.69, 9.17) is 4.74 Å². The molecular weight excluding hydrogens is 380 g/mol. The Kier molecular flexibility index (Phi) is 7.80. The number of nitrogens with zero attached hydrogens (tertiary/aromatic N) is 6. The second kappa shape index (κ2) is 10.1. The van der Waals surface area contributed by atoms with Crippen molar-refractivity contribution in [3.63, 3.8) is 0 Å². The highest BCUT2D eigenvalue weighted by molar-refractivity contribution is 7.99. The third-order valence-electron chi connectivity index (χ3n) is 4.24. The Balaban J connectivity index is 2.05. The number of benzene rings is 1. The lowest BCUT2D eigenvalue weighted by molar-refractivity contribution is -0.137. The molecule has 0 aliphatic heterocycles. The monoisotopic (exact) mass is 406 g/mol. The Morgan fingerprint density at radius 2 is 1.93 bits per heavy atom. The van der Waals surface area contributed by atoms with E-state index >= 15 is 0 Å². The van der Waals surface area contributed by atoms with Gasteiger partial charge in [0.1, 0.15) is 11.4 Å². The second-order valence-electron chi connectivity index (χ2n) is 6.15. The van der Waals surface area contributed by atoms with Crippen LogP contribution >= 0.6 is 11.8 Å². The molecule has 0 saturated carbocycles. The molecule has 0 spiro atoms. The van der Waals surface area contributed by atoms with Crippen molar-refractivity contribution in [1.29, 1.82) is 0 Å². The smallest absolute Gasteiger partial charge is 0.242 e. The molecule has 2 rings (SSSR count). The Morgan fingerprint density at radius 3 is 2.57 bits per heavy atom. The van der Waals surface area contributed by atoms with Crippen LogP contribution in [0.5, 0.6) is 5.75 Å². The van der Waals surface area contributed by atoms with E-state index in [9.17, 15) is 9.59 Å². The van der Waals surface area contributed by atoms with Crippen LogP contribution in [0.15, 0.2) is 23.4 Å². The van der Waals surface area contributed by atoms with Gasteiger partial charge in [-0.15, -0.1) is 5.10 Å². The number of aromatic nitrogens is 4. The molecule has 0 saturated heterocycles. The van der Waals surface area contributed by atoms with Gasteiger partial charge in [0.15, 0.2) is 0 Å². The molecule has 0 N–H and O–H groups in total. The Morgan fingerprint density at radius 1 is 1.21 bits per heavy atom. The van der Waals surface area contributed by atoms with Gasteiger partial charge in [-0.25, -0.2) is 0 Å². The number of amides is 2. The summed E-state index contributed by atoms with van der Waals surface area (Å²) in [5, 5.41) is 12.2. The first-order chi connectivity index (χ1) is 13.4. The van der Waals surface area contributed by atoms with E-state index < -0.39 is 0 Å². The van der Waals surface area contributed by atoms with Crippen LogP contribution in [0.3, 0.4) is 0 Å². The Hall–Kier alpha value is -2.62. The lowest BCUT2D eigenvalue weighted by Gasteiger charge is -2.23. The van der Waals surface area contributed by atoms with E-state index in [0.717, 1.165) is 5.56 Å². The highest BCUT2D eigenvalue weighted by atomic mass is 32.2. The molecule has 1 aromatic carbocycles. The van der Waals surface area contributed by atoms with Crippen molar-refractivity contribution in [3.8, 4) is 11.4 Å². The lowest BCUT2D eigenvalue weighted by atomic mass is 10.2. The number of methoxy groups -OCH3 is 1. The number of likely N-dealkylation sites (N-methyl/N-ethyl adjacent to an activating group) is 2. The summed E-state index contributed by atoms with van der Waals surface area (Å²) in [6.45, 7) is 7.10. The molecule has 0 fully saturated rings. The normalized spacial score (nSPS) is 10.6. The van der Waals surface area contributed by atoms with Gasteiger partial charge >= 0.3 is 0 Å². The highest BCUT2D eigenvalue weighted by Crippen LogP contribution is 2.27. The van der Waals surface area contributed by atoms with Crippen molar-refractivity contribution in [2.45, 2.75) is 25.9 Å². The molecule has 0 aliphatic carbocycles. The van der Waals surface area contributed by atoms with E-state index in [1.807, 2.05) is 39.0 Å². The largest absolute Gasteiger partial charge is 0.494 e. The molecule has 10 heteroatoms. The second-order valence-corrected chi connectivity index (χ2v) is 7.10. The van der Waals surface area contributed by atoms with Crippen molar-refractivity contribution in [1.82, 2.24) is 30.0 Å². The van der Waals surface area contributed by atoms with Gasteiger partial charge in [-0.3, -0.25) is 9.59 Å². The van der Waals surface area contributed by atoms with Gasteiger partial charge in [0.05, 0.1) is 19.4 Å². The van der Waals surface area contributed by atoms with Gasteiger partial charge in [-0.2, -0.15) is 4.68 Å². The molecule has 0 aliphatic rings. The van der Waals surface area contributed by atoms with Crippen molar-refractivity contribution in [3.05, 3.63) is 23.8 Å². The molecule has 9 nitrogen and oxygen atoms in total. The third-order valence-corrected chi connectivity index (χ3v) is 5.15. The molecule has 0 radical (unpaired) electrons. The van der Waals surface area contributed by atoms with E-state index in [1.165, 1.54) is 16.7 Å². The van der Waals surface area contributed by atoms with Gasteiger partial charge in [0, 0.05) is 20.1 Å². The summed E-state index contributed by atoms with van der Waals surface area (Å²) in [6.07, 6.45) is 0. The van der Waals surface area contributed by atoms with Crippen molar-refractivity contribution in [2.24, 2.45) is 0 Å². The van der Waals surface area contributed by atoms with Crippen LogP contribution in [0.2, 0.25) is 0 Å². The fourth-order valence-corrected chi connectivity index (χ4v) is 3.41. The molecular formula is C18H26N6O3S. The molecule has 0 atom stereocenters. The van der Waals surface area contributed by atoms with E-state index in [2.05, 4.69) is 15.5 Å². The average molecular weight is 407 g/mol. The molecule has 0 bridgehead atoms. The first-order valence-corrected chi connectivity index (χ1v) is 9.97. The van der Waals surface area contributed by atoms with E-state index in [1.54, 1.807) is 23.7 Å². The number of rotatable bonds is 9. The van der Waals surface area contributed by atoms with Crippen LogP contribution in [0.1, 0.15) is 19.4 Å². The molecule has 1 heterocycles. The zero-order chi connectivity index (χ0) is 20.7. The summed E-state index contributed by atoms with van der Waals surface area (Å²) >= 11 is 1.21. The summed E-state index contributed by atoms with van der Waals surface area (Å²) < 4.78 is 6.93. The Labute approximate surface area is 169 Å². The quantitative estimate of drug-likeness (QED) is 0.581. The van der Waals surface area contributed by atoms with Gasteiger partial charge < -0.3 is 14.5 Å². The standard InChI is InChI=1S/C18H26N6O3S/c1-6-23(7-2)16(25)11-22(4)17(26)12-28-18-19-20-21-24(18)14-10-13(3)8-9-15(14)27-5/h8-10H,6-7,11-12H2,1-5H3. The molecule has 2 aromatic rings. The van der Waals surface area contributed by atoms with Crippen molar-refractivity contribution >= 4 is 23.6 Å². The fourth-order valence-electron chi connectivity index (χ4n) is 2.59. The molecule has 2 amide bonds. The van der Waals surface area contributed by atoms with Crippen LogP contribution in [0.25, 0.3) is 5.69 Å². The van der Waals surface area contributed by atoms with Gasteiger partial charge in [0.25, 0.3) is 0 Å². The van der Waals surface area contributed by atoms with E-state index in [0.29, 0.717) is 29.7 Å². The first kappa shape index (κ1) is 21.7. The number of ether oxygens (including phenoxy) is 1. The van der Waals surface area contributed by atoms with Crippen LogP contribution in [0.4, 0.5) is 0 Å². The summed E-state index contributed by atoms with van der Waals surface area (Å²) in [4.78, 5) is 27.7. The lowest BCUT2D eigenvalue weighted by Crippen LogP contribution is -2.41. The SMILES string of the molecule is CCN(CC)C(=O)CN(C)C(=O)CSc1nnnn1-c1cc(C)ccc1OC. The minimum Gasteiger partial charge on any atom is -0.494 e. The summed E-state index contributed by atoms with van der Waals surface area (Å²) in [7, 11) is 3.20. The number of carbonyl (C=O) groups excluding carboxylic acids is 2. The number of hydrogen-bond acceptors (Lipinski definition) is 7. The highest BCUT2D eigenvalue weighted by Gasteiger charge is 2.19. The number of aryl methyl sites for hydroxylation is 1. The topological polar surface area (TPSA) is 93.5 Å². The average Bonchev–Trinajstić information content (AvgIpc) is 3.15. The van der Waals surface area contributed by atoms with Crippen LogP contribution in [-0.2, 0) is 9.59 Å². The molecule has 152 valence electrons. The minimum absolute atomic E-state index is 0.0533. The van der Waals surface area contributed by atoms with Crippen LogP contribution in [0, 0.1) is 6.92 Å². The Bertz CT molecular complexity index is 821. The zero-order valence-electron chi connectivity index (χ0n) is 16.9. The van der Waals surface area contributed by atoms with Gasteiger partial charge in [-0.05, 0) is 48.9 Å². The summed E-state index contributed by atoms with van der Waals surface area (Å²) in [5.74, 6) is 0.515. The molecule has 0 unspecified atom stereocenters. The number of carbonyl (C=O) groups is 2. The number of hydrogen-bond donors (Lipinski definition) is 0. The van der Waals surface area contributed by atoms with Crippen LogP contribution < -0.4 is 4.74 Å².